The monoisotopic (exact) mass is 286 g/mol. The van der Waals surface area contributed by atoms with Crippen molar-refractivity contribution in [2.75, 3.05) is 14.2 Å². The van der Waals surface area contributed by atoms with Gasteiger partial charge in [-0.05, 0) is 0 Å². The average Bonchev–Trinajstić information content (AvgIpc) is 2.45. The molecule has 2 unspecified atom stereocenters. The lowest BCUT2D eigenvalue weighted by Crippen LogP contribution is -2.37. The number of hydrogen-bond donors (Lipinski definition) is 2. The lowest BCUT2D eigenvalue weighted by molar-refractivity contribution is -0.154. The number of carbonyl (C=O) groups is 2. The van der Waals surface area contributed by atoms with E-state index in [0.29, 0.717) is 11.8 Å². The number of hydrogen-bond acceptors (Lipinski definition) is 7. The minimum absolute atomic E-state index is 0.190. The Hall–Kier alpha value is -1.57. The lowest BCUT2D eigenvalue weighted by Gasteiger charge is -2.26. The fraction of sp³-hybridized carbons (Fsp3) is 0.333. The molecule has 0 saturated carbocycles. The normalized spacial score (nSPS) is 15.2. The highest BCUT2D eigenvalue weighted by atomic mass is 32.2. The summed E-state index contributed by atoms with van der Waals surface area (Å²) < 4.78 is 8.85. The van der Waals surface area contributed by atoms with E-state index in [4.69, 9.17) is 0 Å². The Labute approximate surface area is 114 Å². The number of aliphatic hydroxyl groups excluding tert-OH is 1. The van der Waals surface area contributed by atoms with Crippen molar-refractivity contribution in [3.8, 4) is 0 Å². The van der Waals surface area contributed by atoms with E-state index in [2.05, 4.69) is 9.47 Å². The highest BCUT2D eigenvalue weighted by molar-refractivity contribution is 8.01. The van der Waals surface area contributed by atoms with Crippen molar-refractivity contribution in [3.63, 3.8) is 0 Å². The van der Waals surface area contributed by atoms with Crippen molar-refractivity contribution < 1.29 is 29.3 Å². The molecular formula is C12H14O6S. The van der Waals surface area contributed by atoms with Crippen LogP contribution in [0.5, 0.6) is 0 Å². The predicted molar refractivity (Wildman–Crippen MR) is 68.0 cm³/mol. The fourth-order valence-corrected chi connectivity index (χ4v) is 2.31. The largest absolute Gasteiger partial charge is 0.466 e. The third-order valence-corrected chi connectivity index (χ3v) is 3.47. The number of thioether (sulfide) groups is 1. The van der Waals surface area contributed by atoms with Gasteiger partial charge in [0, 0.05) is 5.56 Å². The van der Waals surface area contributed by atoms with Gasteiger partial charge in [-0.1, -0.05) is 42.1 Å². The molecule has 7 heteroatoms. The highest BCUT2D eigenvalue weighted by Crippen LogP contribution is 2.37. The minimum atomic E-state index is -2.19. The second-order valence-corrected chi connectivity index (χ2v) is 4.77. The molecule has 0 radical (unpaired) electrons. The molecule has 0 fully saturated rings. The van der Waals surface area contributed by atoms with Gasteiger partial charge in [0.05, 0.1) is 14.2 Å². The van der Waals surface area contributed by atoms with E-state index in [1.165, 1.54) is 12.1 Å². The quantitative estimate of drug-likeness (QED) is 0.591. The first-order valence-corrected chi connectivity index (χ1v) is 6.13. The number of ether oxygens (including phenoxy) is 2. The maximum absolute atomic E-state index is 11.7. The molecule has 6 nitrogen and oxygen atoms in total. The summed E-state index contributed by atoms with van der Waals surface area (Å²) in [4.78, 5) is 20.7. The molecule has 0 aliphatic rings. The van der Waals surface area contributed by atoms with E-state index in [9.17, 15) is 19.8 Å². The van der Waals surface area contributed by atoms with Gasteiger partial charge in [-0.2, -0.15) is 0 Å². The number of methoxy groups -OCH3 is 2. The number of rotatable bonds is 5. The second-order valence-electron chi connectivity index (χ2n) is 3.49. The zero-order chi connectivity index (χ0) is 14.5. The maximum Gasteiger partial charge on any atom is 0.353 e. The van der Waals surface area contributed by atoms with Crippen LogP contribution >= 0.6 is 11.8 Å². The lowest BCUT2D eigenvalue weighted by atomic mass is 10.1. The molecule has 0 aliphatic heterocycles. The van der Waals surface area contributed by atoms with E-state index >= 15 is 0 Å². The molecule has 0 amide bonds. The number of esters is 2. The van der Waals surface area contributed by atoms with Crippen molar-refractivity contribution >= 4 is 23.7 Å². The van der Waals surface area contributed by atoms with Crippen molar-refractivity contribution in [3.05, 3.63) is 35.9 Å². The van der Waals surface area contributed by atoms with E-state index < -0.39 is 22.3 Å². The molecule has 1 rings (SSSR count). The smallest absolute Gasteiger partial charge is 0.353 e. The van der Waals surface area contributed by atoms with Gasteiger partial charge in [0.1, 0.15) is 0 Å². The molecule has 1 aromatic carbocycles. The van der Waals surface area contributed by atoms with Gasteiger partial charge < -0.3 is 19.7 Å². The van der Waals surface area contributed by atoms with E-state index in [1.54, 1.807) is 18.2 Å². The third kappa shape index (κ3) is 3.46. The Bertz CT molecular complexity index is 449. The maximum atomic E-state index is 11.7. The van der Waals surface area contributed by atoms with Crippen LogP contribution in [-0.4, -0.2) is 41.8 Å². The van der Waals surface area contributed by atoms with Gasteiger partial charge in [0.25, 0.3) is 0 Å². The fourth-order valence-electron chi connectivity index (χ4n) is 1.35. The van der Waals surface area contributed by atoms with Crippen LogP contribution in [0, 0.1) is 0 Å². The summed E-state index contributed by atoms with van der Waals surface area (Å²) in [6.45, 7) is 0. The van der Waals surface area contributed by atoms with E-state index in [1.807, 2.05) is 0 Å². The molecule has 0 aliphatic carbocycles. The summed E-state index contributed by atoms with van der Waals surface area (Å²) in [7, 11) is 2.19. The van der Waals surface area contributed by atoms with Gasteiger partial charge in [-0.25, -0.2) is 9.59 Å². The number of carbonyl (C=O) groups excluding carboxylic acids is 2. The topological polar surface area (TPSA) is 93.1 Å². The van der Waals surface area contributed by atoms with Gasteiger partial charge in [0.15, 0.2) is 0 Å². The molecule has 0 spiro atoms. The molecule has 0 saturated heterocycles. The summed E-state index contributed by atoms with van der Waals surface area (Å²) in [6.07, 6.45) is 0. The van der Waals surface area contributed by atoms with Crippen LogP contribution in [0.2, 0.25) is 0 Å². The highest BCUT2D eigenvalue weighted by Gasteiger charge is 2.44. The number of aliphatic hydroxyl groups is 2. The second kappa shape index (κ2) is 6.55. The first kappa shape index (κ1) is 15.5. The predicted octanol–water partition coefficient (Wildman–Crippen LogP) is 0.229. The summed E-state index contributed by atoms with van der Waals surface area (Å²) in [6, 6.07) is 7.87. The Kier molecular flexibility index (Phi) is 5.34. The van der Waals surface area contributed by atoms with Gasteiger partial charge in [-0.15, -0.1) is 0 Å². The van der Waals surface area contributed by atoms with E-state index in [0.717, 1.165) is 14.2 Å². The van der Waals surface area contributed by atoms with Crippen LogP contribution in [-0.2, 0) is 24.0 Å². The molecule has 0 aromatic heterocycles. The molecular weight excluding hydrogens is 272 g/mol. The zero-order valence-electron chi connectivity index (χ0n) is 10.4. The summed E-state index contributed by atoms with van der Waals surface area (Å²) in [5, 5.41) is 20.0. The third-order valence-electron chi connectivity index (χ3n) is 2.31. The van der Waals surface area contributed by atoms with Gasteiger partial charge in [-0.3, -0.25) is 0 Å². The van der Waals surface area contributed by atoms with Crippen LogP contribution in [0.15, 0.2) is 30.3 Å². The summed E-state index contributed by atoms with van der Waals surface area (Å²) in [5.74, 6) is -1.96. The van der Waals surface area contributed by atoms with Crippen LogP contribution in [0.1, 0.15) is 5.56 Å². The number of benzene rings is 1. The first-order valence-electron chi connectivity index (χ1n) is 5.25. The van der Waals surface area contributed by atoms with E-state index in [-0.39, 0.29) is 5.56 Å². The molecule has 2 N–H and O–H groups in total. The molecule has 19 heavy (non-hydrogen) atoms. The Morgan fingerprint density at radius 1 is 1.21 bits per heavy atom. The molecule has 2 atom stereocenters. The molecule has 0 heterocycles. The van der Waals surface area contributed by atoms with Crippen molar-refractivity contribution in [2.45, 2.75) is 10.4 Å². The Morgan fingerprint density at radius 3 is 2.26 bits per heavy atom. The van der Waals surface area contributed by atoms with Gasteiger partial charge >= 0.3 is 11.9 Å². The van der Waals surface area contributed by atoms with Crippen LogP contribution in [0.3, 0.4) is 0 Å². The molecule has 0 bridgehead atoms. The zero-order valence-corrected chi connectivity index (χ0v) is 11.2. The summed E-state index contributed by atoms with van der Waals surface area (Å²) in [5.41, 5.74) is -1.52. The van der Waals surface area contributed by atoms with Crippen molar-refractivity contribution in [1.29, 1.82) is 0 Å². The minimum Gasteiger partial charge on any atom is -0.466 e. The Balaban J connectivity index is 3.08. The Morgan fingerprint density at radius 2 is 1.79 bits per heavy atom. The first-order chi connectivity index (χ1) is 8.95. The molecule has 104 valence electrons. The SMILES string of the molecule is COC(=O)C(O)SC(O)(C(=O)OC)c1ccccc1. The average molecular weight is 286 g/mol. The standard InChI is InChI=1S/C12H14O6S/c1-17-9(13)10(14)19-12(16,11(15)18-2)8-6-4-3-5-7-8/h3-7,10,14,16H,1-2H3. The van der Waals surface area contributed by atoms with Crippen LogP contribution < -0.4 is 0 Å². The van der Waals surface area contributed by atoms with Crippen LogP contribution in [0.25, 0.3) is 0 Å². The van der Waals surface area contributed by atoms with Gasteiger partial charge in [0.2, 0.25) is 10.4 Å². The van der Waals surface area contributed by atoms with Crippen LogP contribution in [0.4, 0.5) is 0 Å². The molecule has 1 aromatic rings. The van der Waals surface area contributed by atoms with Crippen molar-refractivity contribution in [1.82, 2.24) is 0 Å². The summed E-state index contributed by atoms with van der Waals surface area (Å²) >= 11 is 0.327. The van der Waals surface area contributed by atoms with Crippen molar-refractivity contribution in [2.24, 2.45) is 0 Å².